The summed E-state index contributed by atoms with van der Waals surface area (Å²) in [5.74, 6) is 0.788. The quantitative estimate of drug-likeness (QED) is 0.402. The van der Waals surface area contributed by atoms with Crippen LogP contribution in [0.15, 0.2) is 54.7 Å². The van der Waals surface area contributed by atoms with E-state index in [0.29, 0.717) is 29.7 Å². The van der Waals surface area contributed by atoms with E-state index in [1.54, 1.807) is 36.4 Å². The van der Waals surface area contributed by atoms with E-state index < -0.39 is 5.82 Å². The van der Waals surface area contributed by atoms with E-state index in [4.69, 9.17) is 16.3 Å². The number of aromatic amines is 1. The Morgan fingerprint density at radius 3 is 2.80 bits per heavy atom. The van der Waals surface area contributed by atoms with Crippen LogP contribution in [0, 0.1) is 5.82 Å². The third kappa shape index (κ3) is 4.33. The van der Waals surface area contributed by atoms with Gasteiger partial charge in [-0.25, -0.2) is 9.37 Å². The normalized spacial score (nSPS) is 10.8. The number of carbonyl (C=O) groups excluding carboxylic acids is 1. The minimum atomic E-state index is -0.486. The van der Waals surface area contributed by atoms with Gasteiger partial charge in [0.05, 0.1) is 16.1 Å². The molecule has 30 heavy (non-hydrogen) atoms. The number of ether oxygens (including phenoxy) is 1. The molecule has 0 aliphatic heterocycles. The van der Waals surface area contributed by atoms with Gasteiger partial charge in [-0.1, -0.05) is 11.6 Å². The molecule has 0 spiro atoms. The van der Waals surface area contributed by atoms with Crippen molar-refractivity contribution in [3.05, 3.63) is 71.3 Å². The molecule has 9 heteroatoms. The molecule has 0 aliphatic rings. The van der Waals surface area contributed by atoms with E-state index in [9.17, 15) is 9.18 Å². The molecule has 4 rings (SSSR count). The van der Waals surface area contributed by atoms with Gasteiger partial charge in [0.2, 0.25) is 5.95 Å². The van der Waals surface area contributed by atoms with Crippen molar-refractivity contribution in [1.29, 1.82) is 0 Å². The number of imidazole rings is 1. The number of hydrogen-bond acceptors (Lipinski definition) is 5. The zero-order valence-electron chi connectivity index (χ0n) is 15.9. The molecule has 2 heterocycles. The topological polar surface area (TPSA) is 91.9 Å². The predicted octanol–water partition coefficient (Wildman–Crippen LogP) is 5.04. The van der Waals surface area contributed by atoms with Gasteiger partial charge in [-0.2, -0.15) is 0 Å². The second kappa shape index (κ2) is 8.38. The summed E-state index contributed by atoms with van der Waals surface area (Å²) in [5.41, 5.74) is 2.34. The molecule has 7 nitrogen and oxygen atoms in total. The lowest BCUT2D eigenvalue weighted by Crippen LogP contribution is -2.23. The number of pyridine rings is 1. The Kier molecular flexibility index (Phi) is 5.49. The summed E-state index contributed by atoms with van der Waals surface area (Å²) in [6.07, 6.45) is 1.52. The first kappa shape index (κ1) is 19.7. The van der Waals surface area contributed by atoms with Crippen LogP contribution in [-0.4, -0.2) is 27.4 Å². The molecule has 0 fully saturated rings. The fourth-order valence-corrected chi connectivity index (χ4v) is 2.99. The molecule has 4 aromatic rings. The van der Waals surface area contributed by atoms with E-state index in [1.165, 1.54) is 18.3 Å². The van der Waals surface area contributed by atoms with Crippen molar-refractivity contribution < 1.29 is 13.9 Å². The van der Waals surface area contributed by atoms with Crippen molar-refractivity contribution in [3.8, 4) is 11.5 Å². The van der Waals surface area contributed by atoms with Crippen LogP contribution in [0.5, 0.6) is 11.5 Å². The minimum absolute atomic E-state index is 0.0242. The van der Waals surface area contributed by atoms with Gasteiger partial charge in [0.25, 0.3) is 5.91 Å². The van der Waals surface area contributed by atoms with Gasteiger partial charge in [0, 0.05) is 30.6 Å². The zero-order valence-corrected chi connectivity index (χ0v) is 16.6. The van der Waals surface area contributed by atoms with Gasteiger partial charge in [0.15, 0.2) is 0 Å². The fraction of sp³-hybridized carbons (Fsp3) is 0.0952. The highest BCUT2D eigenvalue weighted by molar-refractivity contribution is 6.31. The van der Waals surface area contributed by atoms with Crippen LogP contribution >= 0.6 is 11.6 Å². The van der Waals surface area contributed by atoms with Gasteiger partial charge < -0.3 is 20.4 Å². The fourth-order valence-electron chi connectivity index (χ4n) is 2.81. The highest BCUT2D eigenvalue weighted by Gasteiger charge is 2.10. The van der Waals surface area contributed by atoms with E-state index in [0.717, 1.165) is 11.0 Å². The lowest BCUT2D eigenvalue weighted by Gasteiger charge is -2.07. The number of anilines is 2. The number of nitrogens with one attached hydrogen (secondary N) is 3. The van der Waals surface area contributed by atoms with Gasteiger partial charge in [0.1, 0.15) is 23.0 Å². The molecule has 0 unspecified atom stereocenters. The van der Waals surface area contributed by atoms with E-state index >= 15 is 0 Å². The van der Waals surface area contributed by atoms with Gasteiger partial charge in [-0.05, 0) is 43.3 Å². The molecule has 0 radical (unpaired) electrons. The number of amides is 1. The van der Waals surface area contributed by atoms with E-state index in [1.807, 2.05) is 6.92 Å². The van der Waals surface area contributed by atoms with Gasteiger partial charge >= 0.3 is 0 Å². The SMILES string of the molecule is CCNC(=O)c1cc(Oc2ccc3nc(Nc4ccc(F)c(Cl)c4)[nH]c3c2)ccn1. The maximum atomic E-state index is 13.3. The largest absolute Gasteiger partial charge is 0.457 e. The molecule has 0 saturated heterocycles. The Labute approximate surface area is 176 Å². The van der Waals surface area contributed by atoms with Gasteiger partial charge in [-0.15, -0.1) is 0 Å². The molecule has 0 atom stereocenters. The molecular formula is C21H17ClFN5O2. The number of rotatable bonds is 6. The number of benzene rings is 2. The van der Waals surface area contributed by atoms with Crippen LogP contribution in [0.1, 0.15) is 17.4 Å². The number of fused-ring (bicyclic) bond motifs is 1. The second-order valence-corrected chi connectivity index (χ2v) is 6.76. The third-order valence-corrected chi connectivity index (χ3v) is 4.46. The highest BCUT2D eigenvalue weighted by atomic mass is 35.5. The predicted molar refractivity (Wildman–Crippen MR) is 113 cm³/mol. The summed E-state index contributed by atoms with van der Waals surface area (Å²) in [4.78, 5) is 23.6. The van der Waals surface area contributed by atoms with Crippen molar-refractivity contribution in [3.63, 3.8) is 0 Å². The summed E-state index contributed by atoms with van der Waals surface area (Å²) >= 11 is 5.81. The Morgan fingerprint density at radius 2 is 2.00 bits per heavy atom. The average molecular weight is 426 g/mol. The molecule has 2 aromatic carbocycles. The summed E-state index contributed by atoms with van der Waals surface area (Å²) in [6, 6.07) is 12.9. The lowest BCUT2D eigenvalue weighted by atomic mass is 10.3. The molecule has 1 amide bonds. The Bertz CT molecular complexity index is 1230. The Morgan fingerprint density at radius 1 is 1.17 bits per heavy atom. The van der Waals surface area contributed by atoms with Crippen LogP contribution in [0.3, 0.4) is 0 Å². The number of nitrogens with zero attached hydrogens (tertiary/aromatic N) is 2. The van der Waals surface area contributed by atoms with Crippen molar-refractivity contribution in [2.75, 3.05) is 11.9 Å². The van der Waals surface area contributed by atoms with Crippen molar-refractivity contribution >= 4 is 40.2 Å². The highest BCUT2D eigenvalue weighted by Crippen LogP contribution is 2.27. The second-order valence-electron chi connectivity index (χ2n) is 6.36. The maximum absolute atomic E-state index is 13.3. The standard InChI is InChI=1S/C21H17ClFN5O2/c1-2-24-20(29)19-11-14(7-8-25-19)30-13-4-6-17-18(10-13)28-21(27-17)26-12-3-5-16(23)15(22)9-12/h3-11H,2H2,1H3,(H,24,29)(H2,26,27,28). The summed E-state index contributed by atoms with van der Waals surface area (Å²) in [7, 11) is 0. The van der Waals surface area contributed by atoms with Crippen LogP contribution in [0.4, 0.5) is 16.0 Å². The summed E-state index contributed by atoms with van der Waals surface area (Å²) in [5, 5.41) is 5.78. The number of carbonyl (C=O) groups is 1. The third-order valence-electron chi connectivity index (χ3n) is 4.17. The number of halogens is 2. The lowest BCUT2D eigenvalue weighted by molar-refractivity contribution is 0.0950. The number of hydrogen-bond donors (Lipinski definition) is 3. The molecule has 0 bridgehead atoms. The maximum Gasteiger partial charge on any atom is 0.270 e. The number of H-pyrrole nitrogens is 1. The monoisotopic (exact) mass is 425 g/mol. The van der Waals surface area contributed by atoms with Crippen LogP contribution < -0.4 is 15.4 Å². The smallest absolute Gasteiger partial charge is 0.270 e. The minimum Gasteiger partial charge on any atom is -0.457 e. The molecule has 0 saturated carbocycles. The Balaban J connectivity index is 1.53. The van der Waals surface area contributed by atoms with Crippen LogP contribution in [-0.2, 0) is 0 Å². The average Bonchev–Trinajstić information content (AvgIpc) is 3.12. The Hall–Kier alpha value is -3.65. The summed E-state index contributed by atoms with van der Waals surface area (Å²) < 4.78 is 19.2. The van der Waals surface area contributed by atoms with Crippen molar-refractivity contribution in [2.45, 2.75) is 6.92 Å². The molecular weight excluding hydrogens is 409 g/mol. The van der Waals surface area contributed by atoms with Crippen molar-refractivity contribution in [2.24, 2.45) is 0 Å². The molecule has 3 N–H and O–H groups in total. The number of aromatic nitrogens is 3. The van der Waals surface area contributed by atoms with E-state index in [-0.39, 0.29) is 16.6 Å². The van der Waals surface area contributed by atoms with Crippen LogP contribution in [0.25, 0.3) is 11.0 Å². The van der Waals surface area contributed by atoms with Crippen LogP contribution in [0.2, 0.25) is 5.02 Å². The first-order valence-electron chi connectivity index (χ1n) is 9.16. The molecule has 0 aliphatic carbocycles. The molecule has 152 valence electrons. The first-order valence-corrected chi connectivity index (χ1v) is 9.53. The zero-order chi connectivity index (χ0) is 21.1. The van der Waals surface area contributed by atoms with Gasteiger partial charge in [-0.3, -0.25) is 9.78 Å². The summed E-state index contributed by atoms with van der Waals surface area (Å²) in [6.45, 7) is 2.36. The van der Waals surface area contributed by atoms with Crippen molar-refractivity contribution in [1.82, 2.24) is 20.3 Å². The van der Waals surface area contributed by atoms with E-state index in [2.05, 4.69) is 25.6 Å². The first-order chi connectivity index (χ1) is 14.5. The molecule has 2 aromatic heterocycles.